The van der Waals surface area contributed by atoms with E-state index in [2.05, 4.69) is 56.6 Å². The second kappa shape index (κ2) is 12.8. The lowest BCUT2D eigenvalue weighted by Crippen LogP contribution is -2.67. The van der Waals surface area contributed by atoms with Crippen molar-refractivity contribution in [1.29, 1.82) is 0 Å². The second-order valence-electron chi connectivity index (χ2n) is 18.7. The molecule has 48 heavy (non-hydrogen) atoms. The molecule has 0 bridgehead atoms. The number of hydrogen-bond acceptors (Lipinski definition) is 4. The van der Waals surface area contributed by atoms with E-state index in [9.17, 15) is 14.1 Å². The zero-order valence-electron chi connectivity index (χ0n) is 31.0. The lowest BCUT2D eigenvalue weighted by Gasteiger charge is -2.71. The first kappa shape index (κ1) is 35.2. The molecule has 6 heteroatoms. The van der Waals surface area contributed by atoms with Crippen molar-refractivity contribution in [2.24, 2.45) is 57.2 Å². The quantitative estimate of drug-likeness (QED) is 0.276. The third-order valence-corrected chi connectivity index (χ3v) is 18.1. The van der Waals surface area contributed by atoms with Gasteiger partial charge in [0, 0.05) is 54.0 Å². The van der Waals surface area contributed by atoms with Gasteiger partial charge in [-0.3, -0.25) is 9.00 Å². The van der Waals surface area contributed by atoms with Gasteiger partial charge < -0.3 is 15.3 Å². The predicted molar refractivity (Wildman–Crippen MR) is 198 cm³/mol. The van der Waals surface area contributed by atoms with Crippen molar-refractivity contribution < 1.29 is 14.1 Å². The summed E-state index contributed by atoms with van der Waals surface area (Å²) in [6.45, 7) is 20.2. The van der Waals surface area contributed by atoms with E-state index >= 15 is 0 Å². The van der Waals surface area contributed by atoms with Crippen LogP contribution in [0.15, 0.2) is 36.0 Å². The molecule has 1 heterocycles. The summed E-state index contributed by atoms with van der Waals surface area (Å²) in [6.07, 6.45) is 23.5. The molecule has 9 atom stereocenters. The summed E-state index contributed by atoms with van der Waals surface area (Å²) >= 11 is 0. The maximum atomic E-state index is 11.8. The topological polar surface area (TPSA) is 69.6 Å². The highest BCUT2D eigenvalue weighted by molar-refractivity contribution is 7.85. The van der Waals surface area contributed by atoms with Crippen LogP contribution in [0.5, 0.6) is 0 Å². The molecule has 8 rings (SSSR count). The standard InChI is InChI=1S/C39H60N2O3S.C3H6/c1-26-29(27-22-38(23-27)24-28(25-38)34(42)43)9-12-35(2)30(26)10-13-37(4)33(35)8-7-31-32-6-5-11-39(32,15-14-36(31,37)3)40-16-17-41-18-20-45(44)21-19-41;1-3-2/h9,22,26,28,30-33,40H,5-8,10-21,23-25H2,1-4H3,(H,42,43);3H,1H2,2H3/t26?,28?,30?,31?,32-,33?,35?,36-,37?,38?,39?;/m1./s1. The maximum Gasteiger partial charge on any atom is 0.306 e. The van der Waals surface area contributed by atoms with Gasteiger partial charge in [0.2, 0.25) is 0 Å². The summed E-state index contributed by atoms with van der Waals surface area (Å²) < 4.78 is 11.8. The molecule has 7 unspecified atom stereocenters. The molecule has 0 aromatic rings. The molecule has 0 radical (unpaired) electrons. The average Bonchev–Trinajstić information content (AvgIpc) is 3.42. The van der Waals surface area contributed by atoms with Crippen LogP contribution < -0.4 is 5.32 Å². The number of carbonyl (C=O) groups is 1. The Hall–Kier alpha value is -1.24. The molecule has 1 aliphatic heterocycles. The molecule has 1 spiro atoms. The fraction of sp³-hybridized carbons (Fsp3) is 0.833. The molecule has 5 saturated carbocycles. The number of allylic oxidation sites excluding steroid dienone is 5. The summed E-state index contributed by atoms with van der Waals surface area (Å²) in [5.74, 6) is 4.87. The fourth-order valence-corrected chi connectivity index (χ4v) is 15.3. The van der Waals surface area contributed by atoms with Crippen molar-refractivity contribution in [2.45, 2.75) is 124 Å². The van der Waals surface area contributed by atoms with E-state index in [-0.39, 0.29) is 11.3 Å². The van der Waals surface area contributed by atoms with E-state index in [4.69, 9.17) is 0 Å². The Morgan fingerprint density at radius 1 is 1.02 bits per heavy atom. The van der Waals surface area contributed by atoms with Gasteiger partial charge in [0.1, 0.15) is 0 Å². The van der Waals surface area contributed by atoms with Crippen LogP contribution in [0.4, 0.5) is 0 Å². The molecule has 0 aromatic heterocycles. The number of nitrogens with one attached hydrogen (secondary N) is 1. The number of fused-ring (bicyclic) bond motifs is 7. The van der Waals surface area contributed by atoms with Crippen molar-refractivity contribution in [2.75, 3.05) is 37.7 Å². The number of carboxylic acid groups (broad SMARTS) is 1. The summed E-state index contributed by atoms with van der Waals surface area (Å²) in [4.78, 5) is 14.0. The third kappa shape index (κ3) is 5.42. The van der Waals surface area contributed by atoms with Crippen LogP contribution in [-0.4, -0.2) is 63.4 Å². The minimum absolute atomic E-state index is 0.116. The zero-order chi connectivity index (χ0) is 34.1. The smallest absolute Gasteiger partial charge is 0.306 e. The van der Waals surface area contributed by atoms with Gasteiger partial charge in [-0.25, -0.2) is 0 Å². The van der Waals surface area contributed by atoms with Gasteiger partial charge in [0.15, 0.2) is 0 Å². The second-order valence-corrected chi connectivity index (χ2v) is 20.4. The molecule has 0 aromatic carbocycles. The third-order valence-electron chi connectivity index (χ3n) is 16.8. The number of carboxylic acids is 1. The molecule has 1 saturated heterocycles. The normalized spacial score (nSPS) is 48.2. The van der Waals surface area contributed by atoms with Gasteiger partial charge in [0.25, 0.3) is 0 Å². The van der Waals surface area contributed by atoms with E-state index < -0.39 is 16.8 Å². The van der Waals surface area contributed by atoms with Crippen LogP contribution in [0.1, 0.15) is 118 Å². The fourth-order valence-electron chi connectivity index (χ4n) is 14.2. The summed E-state index contributed by atoms with van der Waals surface area (Å²) in [5, 5.41) is 13.6. The van der Waals surface area contributed by atoms with Gasteiger partial charge in [-0.1, -0.05) is 52.3 Å². The molecule has 8 aliphatic rings. The highest BCUT2D eigenvalue weighted by atomic mass is 32.2. The first-order chi connectivity index (χ1) is 22.8. The molecular weight excluding hydrogens is 613 g/mol. The number of nitrogens with zero attached hydrogens (tertiary/aromatic N) is 1. The highest BCUT2D eigenvalue weighted by Crippen LogP contribution is 2.75. The Kier molecular flexibility index (Phi) is 9.35. The van der Waals surface area contributed by atoms with Crippen molar-refractivity contribution in [3.05, 3.63) is 36.0 Å². The van der Waals surface area contributed by atoms with Crippen LogP contribution in [-0.2, 0) is 15.6 Å². The van der Waals surface area contributed by atoms with Gasteiger partial charge in [-0.2, -0.15) is 0 Å². The van der Waals surface area contributed by atoms with Gasteiger partial charge in [-0.15, -0.1) is 6.58 Å². The average molecular weight is 679 g/mol. The molecule has 7 aliphatic carbocycles. The van der Waals surface area contributed by atoms with Crippen molar-refractivity contribution in [3.63, 3.8) is 0 Å². The first-order valence-corrected chi connectivity index (χ1v) is 21.4. The van der Waals surface area contributed by atoms with E-state index in [1.807, 2.05) is 6.92 Å². The lowest BCUT2D eigenvalue weighted by molar-refractivity contribution is -0.212. The molecule has 2 N–H and O–H groups in total. The van der Waals surface area contributed by atoms with Crippen LogP contribution >= 0.6 is 0 Å². The van der Waals surface area contributed by atoms with Crippen LogP contribution in [0.3, 0.4) is 0 Å². The lowest BCUT2D eigenvalue weighted by atomic mass is 9.34. The van der Waals surface area contributed by atoms with E-state index in [1.54, 1.807) is 17.2 Å². The van der Waals surface area contributed by atoms with Crippen molar-refractivity contribution in [1.82, 2.24) is 10.2 Å². The monoisotopic (exact) mass is 678 g/mol. The number of hydrogen-bond donors (Lipinski definition) is 2. The zero-order valence-corrected chi connectivity index (χ0v) is 31.8. The van der Waals surface area contributed by atoms with Crippen molar-refractivity contribution >= 4 is 16.8 Å². The molecule has 5 nitrogen and oxygen atoms in total. The van der Waals surface area contributed by atoms with Crippen LogP contribution in [0.25, 0.3) is 0 Å². The Balaban J connectivity index is 0.00000117. The van der Waals surface area contributed by atoms with E-state index in [0.29, 0.717) is 27.7 Å². The highest BCUT2D eigenvalue weighted by Gasteiger charge is 2.68. The maximum absolute atomic E-state index is 11.8. The molecule has 6 fully saturated rings. The summed E-state index contributed by atoms with van der Waals surface area (Å²) in [7, 11) is -0.591. The van der Waals surface area contributed by atoms with Gasteiger partial charge in [0.05, 0.1) is 5.92 Å². The minimum Gasteiger partial charge on any atom is -0.481 e. The molecule has 268 valence electrons. The van der Waals surface area contributed by atoms with Gasteiger partial charge >= 0.3 is 5.97 Å². The summed E-state index contributed by atoms with van der Waals surface area (Å²) in [6, 6.07) is 0. The summed E-state index contributed by atoms with van der Waals surface area (Å²) in [5.41, 5.74) is 4.98. The van der Waals surface area contributed by atoms with E-state index in [1.165, 1.54) is 64.2 Å². The molecule has 0 amide bonds. The Morgan fingerprint density at radius 2 is 1.73 bits per heavy atom. The first-order valence-electron chi connectivity index (χ1n) is 19.9. The Bertz CT molecular complexity index is 1360. The number of rotatable bonds is 6. The largest absolute Gasteiger partial charge is 0.481 e. The number of aliphatic carboxylic acids is 1. The van der Waals surface area contributed by atoms with E-state index in [0.717, 1.165) is 80.6 Å². The predicted octanol–water partition coefficient (Wildman–Crippen LogP) is 8.40. The van der Waals surface area contributed by atoms with Crippen molar-refractivity contribution in [3.8, 4) is 0 Å². The van der Waals surface area contributed by atoms with Crippen LogP contribution in [0, 0.1) is 57.2 Å². The Labute approximate surface area is 294 Å². The van der Waals surface area contributed by atoms with Gasteiger partial charge in [-0.05, 0) is 146 Å². The SMILES string of the molecule is C=CC.CC1C(C2=CC3(C2)CC(C(=O)O)C3)=CCC2(C)C1CCC1(C)C2CCC2[C@H]3CCCC3(NCCN3CCS(=O)CC3)CC[C@]21C. The van der Waals surface area contributed by atoms with Crippen LogP contribution in [0.2, 0.25) is 0 Å². The minimum atomic E-state index is -0.599. The Morgan fingerprint density at radius 3 is 2.42 bits per heavy atom. The molecular formula is C42H66N2O3S.